The van der Waals surface area contributed by atoms with Crippen molar-refractivity contribution in [3.8, 4) is 0 Å². The summed E-state index contributed by atoms with van der Waals surface area (Å²) in [5.41, 5.74) is 1.93. The average Bonchev–Trinajstić information content (AvgIpc) is 3.48. The number of benzene rings is 2. The second-order valence-corrected chi connectivity index (χ2v) is 10.3. The van der Waals surface area contributed by atoms with Gasteiger partial charge in [-0.2, -0.15) is 4.58 Å². The van der Waals surface area contributed by atoms with Crippen LogP contribution >= 0.6 is 23.2 Å². The van der Waals surface area contributed by atoms with E-state index in [2.05, 4.69) is 24.1 Å². The Kier molecular flexibility index (Phi) is 5.38. The van der Waals surface area contributed by atoms with Gasteiger partial charge in [0, 0.05) is 16.5 Å². The van der Waals surface area contributed by atoms with E-state index in [0.29, 0.717) is 18.6 Å². The maximum atomic E-state index is 14.6. The van der Waals surface area contributed by atoms with E-state index in [1.807, 2.05) is 30.3 Å². The van der Waals surface area contributed by atoms with Crippen molar-refractivity contribution >= 4 is 29.1 Å². The van der Waals surface area contributed by atoms with Crippen LogP contribution in [0.15, 0.2) is 55.1 Å². The summed E-state index contributed by atoms with van der Waals surface area (Å²) < 4.78 is 23.5. The molecule has 4 atom stereocenters. The predicted molar refractivity (Wildman–Crippen MR) is 124 cm³/mol. The zero-order valence-electron chi connectivity index (χ0n) is 17.7. The first-order valence-corrected chi connectivity index (χ1v) is 11.8. The molecule has 2 aliphatic heterocycles. The zero-order chi connectivity index (χ0) is 21.8. The van der Waals surface area contributed by atoms with E-state index in [1.54, 1.807) is 12.1 Å². The Morgan fingerprint density at radius 2 is 2.00 bits per heavy atom. The highest BCUT2D eigenvalue weighted by atomic mass is 35.5. The lowest BCUT2D eigenvalue weighted by Gasteiger charge is -2.38. The van der Waals surface area contributed by atoms with Crippen LogP contribution in [0, 0.1) is 17.2 Å². The molecule has 1 fully saturated rings. The molecule has 2 aromatic rings. The molecule has 2 heterocycles. The molecule has 1 saturated carbocycles. The van der Waals surface area contributed by atoms with Crippen molar-refractivity contribution in [2.75, 3.05) is 6.61 Å². The average molecular weight is 459 g/mol. The SMILES string of the molecule is C=CCC1(C)CC(c2cccc(Cl)c2)C(c2ccc(Cl)c(F)c2)[N+]2=C1OCC2C1CC1. The van der Waals surface area contributed by atoms with E-state index < -0.39 is 0 Å². The minimum atomic E-state index is -0.381. The molecule has 5 heteroatoms. The maximum Gasteiger partial charge on any atom is 0.343 e. The Balaban J connectivity index is 1.72. The Bertz CT molecular complexity index is 1060. The Morgan fingerprint density at radius 1 is 1.19 bits per heavy atom. The molecule has 31 heavy (non-hydrogen) atoms. The molecule has 162 valence electrons. The highest BCUT2D eigenvalue weighted by molar-refractivity contribution is 6.31. The number of halogens is 3. The first kappa shape index (κ1) is 21.0. The van der Waals surface area contributed by atoms with Crippen LogP contribution in [0.4, 0.5) is 4.39 Å². The van der Waals surface area contributed by atoms with E-state index in [1.165, 1.54) is 18.4 Å². The van der Waals surface area contributed by atoms with Gasteiger partial charge in [-0.25, -0.2) is 4.39 Å². The zero-order valence-corrected chi connectivity index (χ0v) is 19.2. The van der Waals surface area contributed by atoms with Gasteiger partial charge in [-0.1, -0.05) is 47.5 Å². The first-order valence-electron chi connectivity index (χ1n) is 11.0. The molecule has 2 aromatic carbocycles. The van der Waals surface area contributed by atoms with Gasteiger partial charge in [-0.3, -0.25) is 0 Å². The summed E-state index contributed by atoms with van der Waals surface area (Å²) in [6.07, 6.45) is 6.13. The highest BCUT2D eigenvalue weighted by Crippen LogP contribution is 2.53. The van der Waals surface area contributed by atoms with Crippen LogP contribution in [0.3, 0.4) is 0 Å². The normalized spacial score (nSPS) is 30.1. The smallest absolute Gasteiger partial charge is 0.343 e. The van der Waals surface area contributed by atoms with E-state index in [0.717, 1.165) is 29.3 Å². The number of allylic oxidation sites excluding steroid dienone is 1. The third-order valence-electron chi connectivity index (χ3n) is 7.17. The van der Waals surface area contributed by atoms with Gasteiger partial charge in [0.2, 0.25) is 0 Å². The van der Waals surface area contributed by atoms with Gasteiger partial charge in [0.1, 0.15) is 5.82 Å². The van der Waals surface area contributed by atoms with Crippen molar-refractivity contribution in [2.24, 2.45) is 11.3 Å². The molecule has 0 aromatic heterocycles. The van der Waals surface area contributed by atoms with Crippen LogP contribution in [-0.2, 0) is 4.74 Å². The number of ether oxygens (including phenoxy) is 1. The third-order valence-corrected chi connectivity index (χ3v) is 7.71. The molecule has 5 rings (SSSR count). The van der Waals surface area contributed by atoms with Gasteiger partial charge < -0.3 is 4.74 Å². The minimum absolute atomic E-state index is 0.0359. The molecular formula is C26H27Cl2FNO+. The summed E-state index contributed by atoms with van der Waals surface area (Å²) in [6, 6.07) is 13.6. The summed E-state index contributed by atoms with van der Waals surface area (Å²) in [7, 11) is 0. The van der Waals surface area contributed by atoms with Gasteiger partial charge in [0.05, 0.1) is 16.4 Å². The predicted octanol–water partition coefficient (Wildman–Crippen LogP) is 7.16. The second kappa shape index (κ2) is 7.94. The van der Waals surface area contributed by atoms with Crippen LogP contribution in [0.25, 0.3) is 0 Å². The molecule has 4 unspecified atom stereocenters. The molecule has 3 aliphatic rings. The number of hydrogen-bond acceptors (Lipinski definition) is 1. The highest BCUT2D eigenvalue weighted by Gasteiger charge is 2.59. The molecule has 0 N–H and O–H groups in total. The van der Waals surface area contributed by atoms with E-state index in [4.69, 9.17) is 27.9 Å². The number of nitrogens with zero attached hydrogens (tertiary/aromatic N) is 1. The lowest BCUT2D eigenvalue weighted by atomic mass is 9.69. The first-order chi connectivity index (χ1) is 14.9. The van der Waals surface area contributed by atoms with Gasteiger partial charge in [-0.15, -0.1) is 6.58 Å². The van der Waals surface area contributed by atoms with Crippen LogP contribution in [0.1, 0.15) is 55.7 Å². The molecule has 0 bridgehead atoms. The Labute approximate surface area is 193 Å². The van der Waals surface area contributed by atoms with Gasteiger partial charge in [-0.05, 0) is 62.4 Å². The van der Waals surface area contributed by atoms with Gasteiger partial charge in [0.25, 0.3) is 0 Å². The molecule has 0 saturated heterocycles. The molecule has 2 nitrogen and oxygen atoms in total. The molecule has 0 radical (unpaired) electrons. The molecule has 1 aliphatic carbocycles. The van der Waals surface area contributed by atoms with E-state index >= 15 is 0 Å². The monoisotopic (exact) mass is 458 g/mol. The Hall–Kier alpha value is -1.84. The summed E-state index contributed by atoms with van der Waals surface area (Å²) in [5, 5.41) is 0.867. The lowest BCUT2D eigenvalue weighted by molar-refractivity contribution is -0.614. The standard InChI is InChI=1S/C26H27Cl2FNO/c1-3-11-26(2)14-20(17-5-4-6-19(27)12-17)24(18-9-10-21(28)22(29)13-18)30-23(16-7-8-16)15-31-25(26)30/h3-6,9-10,12-13,16,20,23-24H,1,7-8,11,14-15H2,2H3/q+1. The molecule has 0 amide bonds. The number of hydrogen-bond donors (Lipinski definition) is 0. The van der Waals surface area contributed by atoms with Crippen LogP contribution < -0.4 is 0 Å². The van der Waals surface area contributed by atoms with Gasteiger partial charge >= 0.3 is 5.90 Å². The van der Waals surface area contributed by atoms with E-state index in [-0.39, 0.29) is 28.2 Å². The van der Waals surface area contributed by atoms with Gasteiger partial charge in [0.15, 0.2) is 18.7 Å². The Morgan fingerprint density at radius 3 is 2.68 bits per heavy atom. The third kappa shape index (κ3) is 3.70. The topological polar surface area (TPSA) is 12.2 Å². The fraction of sp³-hybridized carbons (Fsp3) is 0.423. The molecular weight excluding hydrogens is 432 g/mol. The fourth-order valence-corrected chi connectivity index (χ4v) is 5.94. The summed E-state index contributed by atoms with van der Waals surface area (Å²) >= 11 is 12.4. The quantitative estimate of drug-likeness (QED) is 0.341. The fourth-order valence-electron chi connectivity index (χ4n) is 5.63. The van der Waals surface area contributed by atoms with Crippen molar-refractivity contribution in [1.29, 1.82) is 0 Å². The maximum absolute atomic E-state index is 14.6. The lowest BCUT2D eigenvalue weighted by Crippen LogP contribution is -2.46. The van der Waals surface area contributed by atoms with E-state index in [9.17, 15) is 4.39 Å². The van der Waals surface area contributed by atoms with Crippen LogP contribution in [0.5, 0.6) is 0 Å². The largest absolute Gasteiger partial charge is 0.441 e. The van der Waals surface area contributed by atoms with Crippen molar-refractivity contribution in [1.82, 2.24) is 0 Å². The van der Waals surface area contributed by atoms with Crippen molar-refractivity contribution in [3.05, 3.63) is 82.1 Å². The second-order valence-electron chi connectivity index (χ2n) is 9.47. The summed E-state index contributed by atoms with van der Waals surface area (Å²) in [6.45, 7) is 6.98. The van der Waals surface area contributed by atoms with Crippen LogP contribution in [0.2, 0.25) is 10.0 Å². The molecule has 0 spiro atoms. The van der Waals surface area contributed by atoms with Crippen molar-refractivity contribution in [2.45, 2.75) is 50.6 Å². The van der Waals surface area contributed by atoms with Crippen molar-refractivity contribution in [3.63, 3.8) is 0 Å². The summed E-state index contributed by atoms with van der Waals surface area (Å²) in [5.74, 6) is 1.41. The number of rotatable bonds is 5. The minimum Gasteiger partial charge on any atom is -0.441 e. The van der Waals surface area contributed by atoms with Crippen LogP contribution in [-0.4, -0.2) is 23.1 Å². The summed E-state index contributed by atoms with van der Waals surface area (Å²) in [4.78, 5) is 0. The van der Waals surface area contributed by atoms with Crippen molar-refractivity contribution < 1.29 is 13.7 Å².